The fourth-order valence-corrected chi connectivity index (χ4v) is 3.41. The number of fused-ring (bicyclic) bond motifs is 1. The van der Waals surface area contributed by atoms with Crippen LogP contribution in [0.4, 0.5) is 5.69 Å². The van der Waals surface area contributed by atoms with Crippen molar-refractivity contribution in [1.29, 1.82) is 0 Å². The second-order valence-electron chi connectivity index (χ2n) is 4.98. The molecule has 2 aromatic rings. The molecule has 1 aliphatic heterocycles. The Balaban J connectivity index is 1.66. The van der Waals surface area contributed by atoms with Crippen molar-refractivity contribution in [2.75, 3.05) is 18.4 Å². The van der Waals surface area contributed by atoms with Gasteiger partial charge in [-0.3, -0.25) is 4.68 Å². The molecule has 7 nitrogen and oxygen atoms in total. The molecule has 2 heterocycles. The maximum atomic E-state index is 12.2. The van der Waals surface area contributed by atoms with Crippen LogP contribution in [-0.2, 0) is 29.9 Å². The van der Waals surface area contributed by atoms with E-state index in [1.165, 1.54) is 0 Å². The molecule has 1 aromatic carbocycles. The van der Waals surface area contributed by atoms with Crippen molar-refractivity contribution in [2.45, 2.75) is 17.7 Å². The zero-order valence-corrected chi connectivity index (χ0v) is 12.5. The van der Waals surface area contributed by atoms with Crippen molar-refractivity contribution >= 4 is 15.7 Å². The molecule has 1 aliphatic rings. The standard InChI is InChI=1S/C13H17N5O2S/c1-18-9-15-13(17-18)5-7-16-21(19,20)11-2-3-12-10(8-11)4-6-14-12/h2-3,8-9,14,16H,4-7H2,1H3. The van der Waals surface area contributed by atoms with E-state index < -0.39 is 10.0 Å². The van der Waals surface area contributed by atoms with Gasteiger partial charge in [0.05, 0.1) is 4.90 Å². The summed E-state index contributed by atoms with van der Waals surface area (Å²) in [6.07, 6.45) is 2.92. The number of nitrogens with zero attached hydrogens (tertiary/aromatic N) is 3. The molecule has 0 fully saturated rings. The maximum absolute atomic E-state index is 12.2. The van der Waals surface area contributed by atoms with Crippen LogP contribution in [0.5, 0.6) is 0 Å². The van der Waals surface area contributed by atoms with Gasteiger partial charge in [-0.15, -0.1) is 0 Å². The summed E-state index contributed by atoms with van der Waals surface area (Å²) in [6.45, 7) is 1.14. The lowest BCUT2D eigenvalue weighted by molar-refractivity contribution is 0.580. The van der Waals surface area contributed by atoms with Gasteiger partial charge in [-0.25, -0.2) is 18.1 Å². The Morgan fingerprint density at radius 2 is 2.29 bits per heavy atom. The lowest BCUT2D eigenvalue weighted by Gasteiger charge is -2.07. The highest BCUT2D eigenvalue weighted by atomic mass is 32.2. The van der Waals surface area contributed by atoms with E-state index in [1.807, 2.05) is 6.07 Å². The second-order valence-corrected chi connectivity index (χ2v) is 6.74. The monoisotopic (exact) mass is 307 g/mol. The van der Waals surface area contributed by atoms with Crippen molar-refractivity contribution in [1.82, 2.24) is 19.5 Å². The topological polar surface area (TPSA) is 88.9 Å². The summed E-state index contributed by atoms with van der Waals surface area (Å²) in [4.78, 5) is 4.37. The van der Waals surface area contributed by atoms with Crippen LogP contribution in [0, 0.1) is 0 Å². The van der Waals surface area contributed by atoms with E-state index in [-0.39, 0.29) is 6.54 Å². The highest BCUT2D eigenvalue weighted by Gasteiger charge is 2.18. The Morgan fingerprint density at radius 1 is 1.43 bits per heavy atom. The minimum atomic E-state index is -3.49. The summed E-state index contributed by atoms with van der Waals surface area (Å²) in [7, 11) is -1.71. The van der Waals surface area contributed by atoms with Crippen LogP contribution < -0.4 is 10.0 Å². The molecule has 0 spiro atoms. The van der Waals surface area contributed by atoms with E-state index in [0.717, 1.165) is 24.2 Å². The van der Waals surface area contributed by atoms with Crippen LogP contribution >= 0.6 is 0 Å². The molecule has 0 saturated heterocycles. The molecule has 0 unspecified atom stereocenters. The molecule has 1 aromatic heterocycles. The van der Waals surface area contributed by atoms with Gasteiger partial charge in [0.2, 0.25) is 10.0 Å². The zero-order chi connectivity index (χ0) is 14.9. The van der Waals surface area contributed by atoms with Crippen molar-refractivity contribution in [3.63, 3.8) is 0 Å². The van der Waals surface area contributed by atoms with Gasteiger partial charge in [-0.2, -0.15) is 5.10 Å². The Bertz CT molecular complexity index is 754. The van der Waals surface area contributed by atoms with Crippen molar-refractivity contribution < 1.29 is 8.42 Å². The molecule has 0 saturated carbocycles. The molecule has 8 heteroatoms. The SMILES string of the molecule is Cn1cnc(CCNS(=O)(=O)c2ccc3c(c2)CCN3)n1. The van der Waals surface area contributed by atoms with Crippen LogP contribution in [0.1, 0.15) is 11.4 Å². The number of benzene rings is 1. The van der Waals surface area contributed by atoms with Crippen molar-refractivity contribution in [3.8, 4) is 0 Å². The van der Waals surface area contributed by atoms with E-state index in [1.54, 1.807) is 30.2 Å². The molecule has 0 bridgehead atoms. The molecule has 0 atom stereocenters. The number of nitrogens with one attached hydrogen (secondary N) is 2. The quantitative estimate of drug-likeness (QED) is 0.829. The third-order valence-electron chi connectivity index (χ3n) is 3.38. The lowest BCUT2D eigenvalue weighted by Crippen LogP contribution is -2.26. The van der Waals surface area contributed by atoms with Gasteiger partial charge in [0, 0.05) is 32.2 Å². The largest absolute Gasteiger partial charge is 0.384 e. The number of rotatable bonds is 5. The van der Waals surface area contributed by atoms with E-state index in [9.17, 15) is 8.42 Å². The Labute approximate surface area is 123 Å². The third kappa shape index (κ3) is 3.06. The fourth-order valence-electron chi connectivity index (χ4n) is 2.33. The van der Waals surface area contributed by atoms with Gasteiger partial charge in [0.25, 0.3) is 0 Å². The predicted molar refractivity (Wildman–Crippen MR) is 78.5 cm³/mol. The molecule has 112 valence electrons. The lowest BCUT2D eigenvalue weighted by atomic mass is 10.2. The fraction of sp³-hybridized carbons (Fsp3) is 0.385. The van der Waals surface area contributed by atoms with Gasteiger partial charge in [0.15, 0.2) is 5.82 Å². The Kier molecular flexibility index (Phi) is 3.64. The van der Waals surface area contributed by atoms with E-state index >= 15 is 0 Å². The molecular weight excluding hydrogens is 290 g/mol. The highest BCUT2D eigenvalue weighted by Crippen LogP contribution is 2.24. The van der Waals surface area contributed by atoms with Gasteiger partial charge >= 0.3 is 0 Å². The average molecular weight is 307 g/mol. The predicted octanol–water partition coefficient (Wildman–Crippen LogP) is 0.304. The first kappa shape index (κ1) is 14.0. The summed E-state index contributed by atoms with van der Waals surface area (Å²) < 4.78 is 28.7. The summed E-state index contributed by atoms with van der Waals surface area (Å²) >= 11 is 0. The Hall–Kier alpha value is -1.93. The molecule has 0 aliphatic carbocycles. The first-order valence-electron chi connectivity index (χ1n) is 6.75. The van der Waals surface area contributed by atoms with E-state index in [2.05, 4.69) is 20.1 Å². The van der Waals surface area contributed by atoms with Crippen molar-refractivity contribution in [2.24, 2.45) is 7.05 Å². The average Bonchev–Trinajstić information content (AvgIpc) is 3.06. The third-order valence-corrected chi connectivity index (χ3v) is 4.84. The molecular formula is C13H17N5O2S. The smallest absolute Gasteiger partial charge is 0.240 e. The summed E-state index contributed by atoms with van der Waals surface area (Å²) in [5.74, 6) is 0.623. The zero-order valence-electron chi connectivity index (χ0n) is 11.7. The van der Waals surface area contributed by atoms with Crippen LogP contribution in [0.25, 0.3) is 0 Å². The minimum absolute atomic E-state index is 0.279. The van der Waals surface area contributed by atoms with Crippen LogP contribution in [0.2, 0.25) is 0 Å². The van der Waals surface area contributed by atoms with Crippen LogP contribution in [0.15, 0.2) is 29.4 Å². The van der Waals surface area contributed by atoms with Crippen LogP contribution in [-0.4, -0.2) is 36.3 Å². The summed E-state index contributed by atoms with van der Waals surface area (Å²) in [6, 6.07) is 5.17. The van der Waals surface area contributed by atoms with Crippen molar-refractivity contribution in [3.05, 3.63) is 35.9 Å². The number of hydrogen-bond acceptors (Lipinski definition) is 5. The number of anilines is 1. The van der Waals surface area contributed by atoms with E-state index in [0.29, 0.717) is 17.1 Å². The van der Waals surface area contributed by atoms with E-state index in [4.69, 9.17) is 0 Å². The number of sulfonamides is 1. The number of aromatic nitrogens is 3. The van der Waals surface area contributed by atoms with Gasteiger partial charge in [-0.1, -0.05) is 0 Å². The number of aryl methyl sites for hydroxylation is 1. The highest BCUT2D eigenvalue weighted by molar-refractivity contribution is 7.89. The summed E-state index contributed by atoms with van der Waals surface area (Å²) in [5.41, 5.74) is 2.07. The van der Waals surface area contributed by atoms with Gasteiger partial charge in [0.1, 0.15) is 6.33 Å². The molecule has 2 N–H and O–H groups in total. The van der Waals surface area contributed by atoms with Crippen LogP contribution in [0.3, 0.4) is 0 Å². The maximum Gasteiger partial charge on any atom is 0.240 e. The first-order valence-corrected chi connectivity index (χ1v) is 8.24. The molecule has 0 amide bonds. The molecule has 21 heavy (non-hydrogen) atoms. The Morgan fingerprint density at radius 3 is 3.05 bits per heavy atom. The molecule has 3 rings (SSSR count). The second kappa shape index (κ2) is 5.45. The van der Waals surface area contributed by atoms with Gasteiger partial charge in [-0.05, 0) is 30.2 Å². The normalized spacial score (nSPS) is 14.0. The summed E-state index contributed by atoms with van der Waals surface area (Å²) in [5, 5.41) is 7.32. The van der Waals surface area contributed by atoms with Gasteiger partial charge < -0.3 is 5.32 Å². The first-order chi connectivity index (χ1) is 10.0. The number of hydrogen-bond donors (Lipinski definition) is 2. The minimum Gasteiger partial charge on any atom is -0.384 e. The molecule has 0 radical (unpaired) electrons.